The molecule has 0 aliphatic heterocycles. The van der Waals surface area contributed by atoms with Crippen molar-refractivity contribution in [1.82, 2.24) is 10.2 Å². The van der Waals surface area contributed by atoms with Crippen LogP contribution in [0.25, 0.3) is 0 Å². The molecule has 118 valence electrons. The summed E-state index contributed by atoms with van der Waals surface area (Å²) in [4.78, 5) is 13.7. The summed E-state index contributed by atoms with van der Waals surface area (Å²) in [5.41, 5.74) is 1.08. The molecule has 0 spiro atoms. The van der Waals surface area contributed by atoms with Crippen LogP contribution in [0.5, 0.6) is 5.75 Å². The number of hydrogen-bond acceptors (Lipinski definition) is 3. The van der Waals surface area contributed by atoms with Crippen LogP contribution in [-0.2, 0) is 6.54 Å². The lowest BCUT2D eigenvalue weighted by Crippen LogP contribution is -2.38. The summed E-state index contributed by atoms with van der Waals surface area (Å²) in [5.74, 6) is 1.75. The Balaban J connectivity index is 2.33. The number of urea groups is 1. The van der Waals surface area contributed by atoms with Crippen LogP contribution in [0.15, 0.2) is 24.3 Å². The molecule has 0 fully saturated rings. The molecule has 0 unspecified atom stereocenters. The minimum Gasteiger partial charge on any atom is -0.497 e. The molecule has 0 heterocycles. The van der Waals surface area contributed by atoms with Gasteiger partial charge in [-0.2, -0.15) is 11.8 Å². The molecule has 1 aromatic carbocycles. The summed E-state index contributed by atoms with van der Waals surface area (Å²) in [7, 11) is 3.45. The van der Waals surface area contributed by atoms with E-state index in [4.69, 9.17) is 4.74 Å². The molecule has 1 aromatic rings. The van der Waals surface area contributed by atoms with Crippen LogP contribution < -0.4 is 10.1 Å². The molecular weight excluding hydrogens is 284 g/mol. The lowest BCUT2D eigenvalue weighted by atomic mass is 10.2. The number of rotatable bonds is 6. The van der Waals surface area contributed by atoms with Crippen LogP contribution in [0.2, 0.25) is 0 Å². The van der Waals surface area contributed by atoms with E-state index >= 15 is 0 Å². The predicted octanol–water partition coefficient (Wildman–Crippen LogP) is 3.37. The van der Waals surface area contributed by atoms with Gasteiger partial charge in [0.05, 0.1) is 7.11 Å². The summed E-state index contributed by atoms with van der Waals surface area (Å²) >= 11 is 1.85. The van der Waals surface area contributed by atoms with Crippen LogP contribution in [0.4, 0.5) is 4.79 Å². The number of thioether (sulfide) groups is 1. The van der Waals surface area contributed by atoms with Crippen molar-refractivity contribution in [2.75, 3.05) is 26.5 Å². The van der Waals surface area contributed by atoms with Gasteiger partial charge in [0, 0.05) is 30.6 Å². The number of benzene rings is 1. The van der Waals surface area contributed by atoms with E-state index in [1.807, 2.05) is 36.0 Å². The van der Waals surface area contributed by atoms with Gasteiger partial charge in [0.2, 0.25) is 0 Å². The number of carbonyl (C=O) groups excluding carboxylic acids is 1. The SMILES string of the molecule is COc1ccc(CN(C)C(=O)NCCSC(C)(C)C)cc1. The molecule has 0 aliphatic carbocycles. The first-order valence-corrected chi connectivity index (χ1v) is 8.06. The predicted molar refractivity (Wildman–Crippen MR) is 90.1 cm³/mol. The molecule has 21 heavy (non-hydrogen) atoms. The number of carbonyl (C=O) groups is 1. The lowest BCUT2D eigenvalue weighted by molar-refractivity contribution is 0.207. The molecule has 0 saturated carbocycles. The molecule has 4 nitrogen and oxygen atoms in total. The molecule has 0 radical (unpaired) electrons. The van der Waals surface area contributed by atoms with E-state index in [-0.39, 0.29) is 10.8 Å². The smallest absolute Gasteiger partial charge is 0.317 e. The fourth-order valence-electron chi connectivity index (χ4n) is 1.73. The third-order valence-corrected chi connectivity index (χ3v) is 4.11. The van der Waals surface area contributed by atoms with Crippen LogP contribution in [0, 0.1) is 0 Å². The van der Waals surface area contributed by atoms with Crippen LogP contribution >= 0.6 is 11.8 Å². The molecule has 0 bridgehead atoms. The zero-order chi connectivity index (χ0) is 15.9. The minimum atomic E-state index is -0.0414. The zero-order valence-corrected chi connectivity index (χ0v) is 14.4. The van der Waals surface area contributed by atoms with E-state index in [9.17, 15) is 4.79 Å². The second kappa shape index (κ2) is 8.17. The van der Waals surface area contributed by atoms with Gasteiger partial charge < -0.3 is 15.0 Å². The van der Waals surface area contributed by atoms with E-state index in [2.05, 4.69) is 26.1 Å². The average molecular weight is 310 g/mol. The molecule has 0 atom stereocenters. The van der Waals surface area contributed by atoms with E-state index in [0.717, 1.165) is 17.1 Å². The Morgan fingerprint density at radius 2 is 1.90 bits per heavy atom. The van der Waals surface area contributed by atoms with Gasteiger partial charge in [-0.1, -0.05) is 32.9 Å². The first kappa shape index (κ1) is 17.7. The van der Waals surface area contributed by atoms with E-state index in [1.165, 1.54) is 0 Å². The molecular formula is C16H26N2O2S. The summed E-state index contributed by atoms with van der Waals surface area (Å²) in [6.07, 6.45) is 0. The number of nitrogens with one attached hydrogen (secondary N) is 1. The molecule has 2 amide bonds. The standard InChI is InChI=1S/C16H26N2O2S/c1-16(2,3)21-11-10-17-15(19)18(4)12-13-6-8-14(20-5)9-7-13/h6-9H,10-12H2,1-5H3,(H,17,19). The summed E-state index contributed by atoms with van der Waals surface area (Å²) in [5, 5.41) is 2.94. The number of amides is 2. The van der Waals surface area contributed by atoms with Gasteiger partial charge in [0.1, 0.15) is 5.75 Å². The highest BCUT2D eigenvalue weighted by atomic mass is 32.2. The highest BCUT2D eigenvalue weighted by Gasteiger charge is 2.11. The Bertz CT molecular complexity index is 441. The second-order valence-corrected chi connectivity index (χ2v) is 7.82. The van der Waals surface area contributed by atoms with Crippen molar-refractivity contribution in [3.8, 4) is 5.75 Å². The Labute approximate surface area is 132 Å². The van der Waals surface area contributed by atoms with Crippen molar-refractivity contribution >= 4 is 17.8 Å². The van der Waals surface area contributed by atoms with Gasteiger partial charge in [0.15, 0.2) is 0 Å². The van der Waals surface area contributed by atoms with E-state index in [0.29, 0.717) is 13.1 Å². The van der Waals surface area contributed by atoms with Gasteiger partial charge >= 0.3 is 6.03 Å². The van der Waals surface area contributed by atoms with Crippen molar-refractivity contribution in [1.29, 1.82) is 0 Å². The lowest BCUT2D eigenvalue weighted by Gasteiger charge is -2.20. The monoisotopic (exact) mass is 310 g/mol. The first-order chi connectivity index (χ1) is 9.81. The normalized spacial score (nSPS) is 11.1. The summed E-state index contributed by atoms with van der Waals surface area (Å²) < 4.78 is 5.36. The van der Waals surface area contributed by atoms with Crippen molar-refractivity contribution in [3.05, 3.63) is 29.8 Å². The molecule has 0 aromatic heterocycles. The minimum absolute atomic E-state index is 0.0414. The third-order valence-electron chi connectivity index (χ3n) is 2.84. The number of methoxy groups -OCH3 is 1. The third kappa shape index (κ3) is 7.27. The second-order valence-electron chi connectivity index (χ2n) is 5.90. The van der Waals surface area contributed by atoms with Crippen molar-refractivity contribution in [3.63, 3.8) is 0 Å². The van der Waals surface area contributed by atoms with Gasteiger partial charge in [0.25, 0.3) is 0 Å². The Morgan fingerprint density at radius 1 is 1.29 bits per heavy atom. The van der Waals surface area contributed by atoms with Gasteiger partial charge in [-0.25, -0.2) is 4.79 Å². The zero-order valence-electron chi connectivity index (χ0n) is 13.6. The van der Waals surface area contributed by atoms with Crippen molar-refractivity contribution in [2.45, 2.75) is 32.1 Å². The molecule has 1 N–H and O–H groups in total. The van der Waals surface area contributed by atoms with Gasteiger partial charge in [-0.3, -0.25) is 0 Å². The maximum atomic E-state index is 12.0. The van der Waals surface area contributed by atoms with Crippen LogP contribution in [0.3, 0.4) is 0 Å². The van der Waals surface area contributed by atoms with Gasteiger partial charge in [-0.05, 0) is 17.7 Å². The maximum Gasteiger partial charge on any atom is 0.317 e. The molecule has 1 rings (SSSR count). The largest absolute Gasteiger partial charge is 0.497 e. The Morgan fingerprint density at radius 3 is 2.43 bits per heavy atom. The quantitative estimate of drug-likeness (QED) is 0.819. The molecule has 5 heteroatoms. The summed E-state index contributed by atoms with van der Waals surface area (Å²) in [6, 6.07) is 7.71. The van der Waals surface area contributed by atoms with Crippen LogP contribution in [0.1, 0.15) is 26.3 Å². The fourth-order valence-corrected chi connectivity index (χ4v) is 2.54. The van der Waals surface area contributed by atoms with Crippen molar-refractivity contribution < 1.29 is 9.53 Å². The topological polar surface area (TPSA) is 41.6 Å². The number of nitrogens with zero attached hydrogens (tertiary/aromatic N) is 1. The highest BCUT2D eigenvalue weighted by Crippen LogP contribution is 2.22. The van der Waals surface area contributed by atoms with E-state index in [1.54, 1.807) is 19.1 Å². The molecule has 0 aliphatic rings. The highest BCUT2D eigenvalue weighted by molar-refractivity contribution is 8.00. The number of hydrogen-bond donors (Lipinski definition) is 1. The van der Waals surface area contributed by atoms with Crippen LogP contribution in [-0.4, -0.2) is 42.1 Å². The van der Waals surface area contributed by atoms with Gasteiger partial charge in [-0.15, -0.1) is 0 Å². The maximum absolute atomic E-state index is 12.0. The fraction of sp³-hybridized carbons (Fsp3) is 0.562. The Hall–Kier alpha value is -1.36. The average Bonchev–Trinajstić information content (AvgIpc) is 2.43. The Kier molecular flexibility index (Phi) is 6.89. The first-order valence-electron chi connectivity index (χ1n) is 7.07. The molecule has 0 saturated heterocycles. The van der Waals surface area contributed by atoms with E-state index < -0.39 is 0 Å². The summed E-state index contributed by atoms with van der Waals surface area (Å²) in [6.45, 7) is 7.80. The van der Waals surface area contributed by atoms with Crippen molar-refractivity contribution in [2.24, 2.45) is 0 Å². The number of ether oxygens (including phenoxy) is 1.